The molecule has 7 nitrogen and oxygen atoms in total. The number of carboxylic acids is 1. The van der Waals surface area contributed by atoms with E-state index in [1.807, 2.05) is 6.92 Å². The quantitative estimate of drug-likeness (QED) is 0.423. The zero-order valence-corrected chi connectivity index (χ0v) is 13.9. The molecule has 0 aliphatic heterocycles. The first-order valence-electron chi connectivity index (χ1n) is 7.23. The van der Waals surface area contributed by atoms with E-state index in [9.17, 15) is 13.2 Å². The molecule has 0 atom stereocenters. The summed E-state index contributed by atoms with van der Waals surface area (Å²) in [6, 6.07) is 9.50. The number of benzene rings is 1. The van der Waals surface area contributed by atoms with E-state index in [0.717, 1.165) is 5.56 Å². The van der Waals surface area contributed by atoms with Crippen LogP contribution in [-0.2, 0) is 20.7 Å². The second kappa shape index (κ2) is 8.00. The van der Waals surface area contributed by atoms with E-state index >= 15 is 0 Å². The van der Waals surface area contributed by atoms with Gasteiger partial charge in [0.25, 0.3) is 10.1 Å². The Balaban J connectivity index is 1.76. The SMILES string of the molecule is Cc1ccc(S(=O)(=O)OCNCCc2ccc(C(=O)O)cn2)cc1. The van der Waals surface area contributed by atoms with Crippen LogP contribution in [-0.4, -0.2) is 37.8 Å². The molecule has 0 aliphatic carbocycles. The summed E-state index contributed by atoms with van der Waals surface area (Å²) >= 11 is 0. The van der Waals surface area contributed by atoms with Crippen LogP contribution in [0.2, 0.25) is 0 Å². The van der Waals surface area contributed by atoms with Crippen molar-refractivity contribution in [1.29, 1.82) is 0 Å². The number of nitrogens with zero attached hydrogens (tertiary/aromatic N) is 1. The second-order valence-electron chi connectivity index (χ2n) is 5.12. The summed E-state index contributed by atoms with van der Waals surface area (Å²) in [4.78, 5) is 14.8. The average Bonchev–Trinajstić information content (AvgIpc) is 2.55. The number of carboxylic acid groups (broad SMARTS) is 1. The number of pyridine rings is 1. The molecule has 0 spiro atoms. The van der Waals surface area contributed by atoms with Crippen molar-refractivity contribution in [2.45, 2.75) is 18.2 Å². The van der Waals surface area contributed by atoms with Crippen molar-refractivity contribution in [1.82, 2.24) is 10.3 Å². The Bertz CT molecular complexity index is 786. The monoisotopic (exact) mass is 350 g/mol. The minimum absolute atomic E-state index is 0.112. The Kier molecular flexibility index (Phi) is 6.02. The van der Waals surface area contributed by atoms with Crippen LogP contribution in [0.4, 0.5) is 0 Å². The van der Waals surface area contributed by atoms with Crippen molar-refractivity contribution < 1.29 is 22.5 Å². The first-order valence-corrected chi connectivity index (χ1v) is 8.64. The molecule has 0 amide bonds. The highest BCUT2D eigenvalue weighted by atomic mass is 32.2. The molecule has 1 aromatic carbocycles. The molecule has 0 saturated heterocycles. The molecule has 0 unspecified atom stereocenters. The van der Waals surface area contributed by atoms with Crippen molar-refractivity contribution in [2.24, 2.45) is 0 Å². The summed E-state index contributed by atoms with van der Waals surface area (Å²) in [5.41, 5.74) is 1.79. The number of nitrogens with one attached hydrogen (secondary N) is 1. The van der Waals surface area contributed by atoms with Crippen LogP contribution in [0, 0.1) is 6.92 Å². The summed E-state index contributed by atoms with van der Waals surface area (Å²) in [6.07, 6.45) is 1.81. The highest BCUT2D eigenvalue weighted by Crippen LogP contribution is 2.12. The predicted molar refractivity (Wildman–Crippen MR) is 87.2 cm³/mol. The van der Waals surface area contributed by atoms with Gasteiger partial charge in [-0.1, -0.05) is 17.7 Å². The van der Waals surface area contributed by atoms with Crippen LogP contribution in [0.5, 0.6) is 0 Å². The first-order chi connectivity index (χ1) is 11.4. The molecule has 0 bridgehead atoms. The zero-order chi connectivity index (χ0) is 17.6. The van der Waals surface area contributed by atoms with Gasteiger partial charge in [0.1, 0.15) is 6.73 Å². The van der Waals surface area contributed by atoms with Gasteiger partial charge in [0, 0.05) is 24.9 Å². The fourth-order valence-electron chi connectivity index (χ4n) is 1.88. The van der Waals surface area contributed by atoms with E-state index < -0.39 is 16.1 Å². The van der Waals surface area contributed by atoms with Gasteiger partial charge in [0.05, 0.1) is 10.5 Å². The number of aromatic carboxylic acids is 1. The van der Waals surface area contributed by atoms with Crippen molar-refractivity contribution in [3.8, 4) is 0 Å². The fourth-order valence-corrected chi connectivity index (χ4v) is 2.72. The van der Waals surface area contributed by atoms with E-state index in [4.69, 9.17) is 9.29 Å². The molecule has 2 aromatic rings. The van der Waals surface area contributed by atoms with Crippen LogP contribution < -0.4 is 5.32 Å². The second-order valence-corrected chi connectivity index (χ2v) is 6.74. The molecule has 1 heterocycles. The minimum Gasteiger partial charge on any atom is -0.478 e. The number of carbonyl (C=O) groups is 1. The highest BCUT2D eigenvalue weighted by Gasteiger charge is 2.14. The maximum absolute atomic E-state index is 11.9. The van der Waals surface area contributed by atoms with E-state index in [0.29, 0.717) is 18.7 Å². The van der Waals surface area contributed by atoms with Crippen molar-refractivity contribution in [2.75, 3.05) is 13.3 Å². The van der Waals surface area contributed by atoms with Crippen LogP contribution >= 0.6 is 0 Å². The number of hydrogen-bond donors (Lipinski definition) is 2. The van der Waals surface area contributed by atoms with Crippen LogP contribution in [0.15, 0.2) is 47.5 Å². The van der Waals surface area contributed by atoms with Crippen molar-refractivity contribution in [3.05, 3.63) is 59.4 Å². The Hall–Kier alpha value is -2.29. The minimum atomic E-state index is -3.78. The third-order valence-electron chi connectivity index (χ3n) is 3.26. The molecular formula is C16H18N2O5S. The lowest BCUT2D eigenvalue weighted by molar-refractivity contribution is 0.0696. The van der Waals surface area contributed by atoms with Crippen LogP contribution in [0.1, 0.15) is 21.6 Å². The van der Waals surface area contributed by atoms with Gasteiger partial charge in [-0.15, -0.1) is 0 Å². The van der Waals surface area contributed by atoms with Crippen molar-refractivity contribution >= 4 is 16.1 Å². The number of hydrogen-bond acceptors (Lipinski definition) is 6. The Morgan fingerprint density at radius 3 is 2.50 bits per heavy atom. The van der Waals surface area contributed by atoms with Gasteiger partial charge in [0.2, 0.25) is 0 Å². The molecule has 2 rings (SSSR count). The molecule has 0 radical (unpaired) electrons. The Morgan fingerprint density at radius 1 is 1.21 bits per heavy atom. The number of rotatable bonds is 8. The van der Waals surface area contributed by atoms with Gasteiger partial charge >= 0.3 is 5.97 Å². The van der Waals surface area contributed by atoms with Gasteiger partial charge in [0.15, 0.2) is 0 Å². The molecule has 0 fully saturated rings. The normalized spacial score (nSPS) is 11.4. The van der Waals surface area contributed by atoms with E-state index in [-0.39, 0.29) is 17.2 Å². The summed E-state index contributed by atoms with van der Waals surface area (Å²) < 4.78 is 28.8. The number of aryl methyl sites for hydroxylation is 1. The molecule has 0 aliphatic rings. The van der Waals surface area contributed by atoms with Crippen molar-refractivity contribution in [3.63, 3.8) is 0 Å². The molecule has 8 heteroatoms. The highest BCUT2D eigenvalue weighted by molar-refractivity contribution is 7.86. The van der Waals surface area contributed by atoms with Gasteiger partial charge in [-0.2, -0.15) is 8.42 Å². The molecule has 0 saturated carbocycles. The summed E-state index contributed by atoms with van der Waals surface area (Å²) in [5.74, 6) is -1.03. The molecular weight excluding hydrogens is 332 g/mol. The van der Waals surface area contributed by atoms with Gasteiger partial charge in [-0.05, 0) is 31.2 Å². The van der Waals surface area contributed by atoms with E-state index in [1.165, 1.54) is 24.4 Å². The lowest BCUT2D eigenvalue weighted by atomic mass is 10.2. The van der Waals surface area contributed by atoms with E-state index in [1.54, 1.807) is 18.2 Å². The zero-order valence-electron chi connectivity index (χ0n) is 13.1. The fraction of sp³-hybridized carbons (Fsp3) is 0.250. The van der Waals surface area contributed by atoms with Gasteiger partial charge in [-0.3, -0.25) is 14.5 Å². The average molecular weight is 350 g/mol. The molecule has 1 aromatic heterocycles. The summed E-state index contributed by atoms with van der Waals surface area (Å²) in [6.45, 7) is 2.17. The molecule has 2 N–H and O–H groups in total. The standard InChI is InChI=1S/C16H18N2O5S/c1-12-2-6-15(7-3-12)24(21,22)23-11-17-9-8-14-5-4-13(10-18-14)16(19)20/h2-7,10,17H,8-9,11H2,1H3,(H,19,20). The third kappa shape index (κ3) is 5.12. The summed E-state index contributed by atoms with van der Waals surface area (Å²) in [5, 5.41) is 11.6. The maximum Gasteiger partial charge on any atom is 0.337 e. The topological polar surface area (TPSA) is 106 Å². The predicted octanol–water partition coefficient (Wildman–Crippen LogP) is 1.58. The Labute approximate surface area is 140 Å². The maximum atomic E-state index is 11.9. The first kappa shape index (κ1) is 18.1. The van der Waals surface area contributed by atoms with Gasteiger partial charge < -0.3 is 5.11 Å². The Morgan fingerprint density at radius 2 is 1.92 bits per heavy atom. The summed E-state index contributed by atoms with van der Waals surface area (Å²) in [7, 11) is -3.78. The van der Waals surface area contributed by atoms with Crippen LogP contribution in [0.25, 0.3) is 0 Å². The molecule has 24 heavy (non-hydrogen) atoms. The largest absolute Gasteiger partial charge is 0.478 e. The van der Waals surface area contributed by atoms with Crippen LogP contribution in [0.3, 0.4) is 0 Å². The lowest BCUT2D eigenvalue weighted by Gasteiger charge is -2.07. The lowest BCUT2D eigenvalue weighted by Crippen LogP contribution is -2.23. The van der Waals surface area contributed by atoms with Gasteiger partial charge in [-0.25, -0.2) is 4.79 Å². The number of aromatic nitrogens is 1. The smallest absolute Gasteiger partial charge is 0.337 e. The third-order valence-corrected chi connectivity index (χ3v) is 4.53. The van der Waals surface area contributed by atoms with E-state index in [2.05, 4.69) is 10.3 Å². The molecule has 128 valence electrons.